The predicted molar refractivity (Wildman–Crippen MR) is 83.4 cm³/mol. The quantitative estimate of drug-likeness (QED) is 0.536. The van der Waals surface area contributed by atoms with Crippen LogP contribution in [0.2, 0.25) is 0 Å². The lowest BCUT2D eigenvalue weighted by molar-refractivity contribution is 0.104. The lowest BCUT2D eigenvalue weighted by atomic mass is 10.1. The molecule has 0 saturated heterocycles. The summed E-state index contributed by atoms with van der Waals surface area (Å²) in [5, 5.41) is 0. The molecule has 3 aromatic rings. The maximum Gasteiger partial charge on any atom is 0.185 e. The zero-order chi connectivity index (χ0) is 14.5. The highest BCUT2D eigenvalue weighted by atomic mass is 16.1. The minimum Gasteiger partial charge on any atom is -0.306 e. The number of carbonyl (C=O) groups excluding carboxylic acids is 1. The Balaban J connectivity index is 1.73. The highest BCUT2D eigenvalue weighted by Gasteiger charge is 1.99. The van der Waals surface area contributed by atoms with Crippen LogP contribution in [0.5, 0.6) is 0 Å². The van der Waals surface area contributed by atoms with Gasteiger partial charge in [0.25, 0.3) is 0 Å². The van der Waals surface area contributed by atoms with Gasteiger partial charge in [0.05, 0.1) is 6.33 Å². The molecule has 2 aromatic carbocycles. The van der Waals surface area contributed by atoms with E-state index in [0.717, 1.165) is 11.3 Å². The Kier molecular flexibility index (Phi) is 3.74. The van der Waals surface area contributed by atoms with Crippen LogP contribution in [-0.2, 0) is 0 Å². The molecule has 0 spiro atoms. The SMILES string of the molecule is O=C(/C=C/c1ccc(-n2ccnc2)cc1)c1ccccc1. The maximum atomic E-state index is 12.0. The van der Waals surface area contributed by atoms with Crippen LogP contribution >= 0.6 is 0 Å². The van der Waals surface area contributed by atoms with Crippen molar-refractivity contribution in [1.29, 1.82) is 0 Å². The van der Waals surface area contributed by atoms with E-state index in [-0.39, 0.29) is 5.78 Å². The topological polar surface area (TPSA) is 34.9 Å². The summed E-state index contributed by atoms with van der Waals surface area (Å²) < 4.78 is 1.93. The van der Waals surface area contributed by atoms with Crippen LogP contribution in [0.3, 0.4) is 0 Å². The van der Waals surface area contributed by atoms with Gasteiger partial charge in [0.2, 0.25) is 0 Å². The number of hydrogen-bond donors (Lipinski definition) is 0. The van der Waals surface area contributed by atoms with E-state index in [1.54, 1.807) is 18.6 Å². The number of aromatic nitrogens is 2. The number of hydrogen-bond acceptors (Lipinski definition) is 2. The van der Waals surface area contributed by atoms with Crippen LogP contribution in [-0.4, -0.2) is 15.3 Å². The molecule has 0 saturated carbocycles. The molecule has 0 bridgehead atoms. The van der Waals surface area contributed by atoms with Gasteiger partial charge in [-0.2, -0.15) is 0 Å². The van der Waals surface area contributed by atoms with Crippen molar-refractivity contribution in [1.82, 2.24) is 9.55 Å². The van der Waals surface area contributed by atoms with Gasteiger partial charge in [-0.15, -0.1) is 0 Å². The molecule has 0 radical (unpaired) electrons. The molecule has 3 rings (SSSR count). The Morgan fingerprint density at radius 2 is 1.76 bits per heavy atom. The fourth-order valence-corrected chi connectivity index (χ4v) is 2.04. The molecule has 0 aliphatic heterocycles. The molecule has 21 heavy (non-hydrogen) atoms. The van der Waals surface area contributed by atoms with Crippen molar-refractivity contribution in [2.45, 2.75) is 0 Å². The molecule has 0 atom stereocenters. The molecule has 0 N–H and O–H groups in total. The maximum absolute atomic E-state index is 12.0. The molecule has 3 nitrogen and oxygen atoms in total. The van der Waals surface area contributed by atoms with Crippen molar-refractivity contribution in [3.63, 3.8) is 0 Å². The standard InChI is InChI=1S/C18H14N2O/c21-18(16-4-2-1-3-5-16)11-8-15-6-9-17(10-7-15)20-13-12-19-14-20/h1-14H/b11-8+. The number of nitrogens with zero attached hydrogens (tertiary/aromatic N) is 2. The fourth-order valence-electron chi connectivity index (χ4n) is 2.04. The Hall–Kier alpha value is -2.94. The first-order valence-electron chi connectivity index (χ1n) is 6.69. The van der Waals surface area contributed by atoms with Crippen LogP contribution in [0.4, 0.5) is 0 Å². The third-order valence-corrected chi connectivity index (χ3v) is 3.18. The predicted octanol–water partition coefficient (Wildman–Crippen LogP) is 3.77. The van der Waals surface area contributed by atoms with Gasteiger partial charge in [-0.25, -0.2) is 4.98 Å². The van der Waals surface area contributed by atoms with Gasteiger partial charge in [0, 0.05) is 23.6 Å². The third kappa shape index (κ3) is 3.15. The number of benzene rings is 2. The summed E-state index contributed by atoms with van der Waals surface area (Å²) in [6.45, 7) is 0. The summed E-state index contributed by atoms with van der Waals surface area (Å²) in [6.07, 6.45) is 8.81. The van der Waals surface area contributed by atoms with Crippen molar-refractivity contribution in [2.24, 2.45) is 0 Å². The van der Waals surface area contributed by atoms with E-state index in [1.165, 1.54) is 0 Å². The van der Waals surface area contributed by atoms with Gasteiger partial charge in [-0.3, -0.25) is 4.79 Å². The molecular weight excluding hydrogens is 260 g/mol. The van der Waals surface area contributed by atoms with Gasteiger partial charge in [0.1, 0.15) is 0 Å². The monoisotopic (exact) mass is 274 g/mol. The first-order chi connectivity index (χ1) is 10.3. The van der Waals surface area contributed by atoms with Gasteiger partial charge in [-0.05, 0) is 23.8 Å². The molecule has 0 amide bonds. The number of imidazole rings is 1. The van der Waals surface area contributed by atoms with Crippen molar-refractivity contribution >= 4 is 11.9 Å². The van der Waals surface area contributed by atoms with Gasteiger partial charge >= 0.3 is 0 Å². The van der Waals surface area contributed by atoms with E-state index in [0.29, 0.717) is 5.56 Å². The summed E-state index contributed by atoms with van der Waals surface area (Å²) in [6, 6.07) is 17.2. The van der Waals surface area contributed by atoms with E-state index in [9.17, 15) is 4.79 Å². The Bertz CT molecular complexity index is 742. The van der Waals surface area contributed by atoms with Crippen LogP contribution in [0.25, 0.3) is 11.8 Å². The molecule has 1 heterocycles. The van der Waals surface area contributed by atoms with E-state index in [4.69, 9.17) is 0 Å². The normalized spacial score (nSPS) is 10.9. The fraction of sp³-hybridized carbons (Fsp3) is 0. The van der Waals surface area contributed by atoms with Gasteiger partial charge < -0.3 is 4.57 Å². The van der Waals surface area contributed by atoms with Crippen molar-refractivity contribution in [2.75, 3.05) is 0 Å². The van der Waals surface area contributed by atoms with Crippen LogP contribution in [0.15, 0.2) is 79.4 Å². The lowest BCUT2D eigenvalue weighted by Crippen LogP contribution is -1.93. The molecular formula is C18H14N2O. The summed E-state index contributed by atoms with van der Waals surface area (Å²) in [5.74, 6) is 0.00860. The van der Waals surface area contributed by atoms with E-state index in [2.05, 4.69) is 4.98 Å². The number of ketones is 1. The summed E-state index contributed by atoms with van der Waals surface area (Å²) in [7, 11) is 0. The Morgan fingerprint density at radius 1 is 1.00 bits per heavy atom. The summed E-state index contributed by atoms with van der Waals surface area (Å²) in [4.78, 5) is 16.0. The van der Waals surface area contributed by atoms with Crippen molar-refractivity contribution < 1.29 is 4.79 Å². The average molecular weight is 274 g/mol. The van der Waals surface area contributed by atoms with Crippen LogP contribution in [0.1, 0.15) is 15.9 Å². The molecule has 0 fully saturated rings. The molecule has 3 heteroatoms. The average Bonchev–Trinajstić information content (AvgIpc) is 3.08. The molecule has 0 aliphatic carbocycles. The lowest BCUT2D eigenvalue weighted by Gasteiger charge is -2.02. The van der Waals surface area contributed by atoms with Crippen LogP contribution in [0, 0.1) is 0 Å². The number of carbonyl (C=O) groups is 1. The highest BCUT2D eigenvalue weighted by molar-refractivity contribution is 6.06. The second-order valence-corrected chi connectivity index (χ2v) is 4.63. The molecule has 102 valence electrons. The molecule has 1 aromatic heterocycles. The Labute approximate surface area is 123 Å². The number of rotatable bonds is 4. The summed E-state index contributed by atoms with van der Waals surface area (Å²) in [5.41, 5.74) is 2.73. The van der Waals surface area contributed by atoms with Crippen molar-refractivity contribution in [3.05, 3.63) is 90.5 Å². The molecule has 0 aliphatic rings. The summed E-state index contributed by atoms with van der Waals surface area (Å²) >= 11 is 0. The zero-order valence-corrected chi connectivity index (χ0v) is 11.4. The third-order valence-electron chi connectivity index (χ3n) is 3.18. The minimum atomic E-state index is 0.00860. The van der Waals surface area contributed by atoms with E-state index in [1.807, 2.05) is 71.4 Å². The van der Waals surface area contributed by atoms with E-state index >= 15 is 0 Å². The largest absolute Gasteiger partial charge is 0.306 e. The van der Waals surface area contributed by atoms with E-state index < -0.39 is 0 Å². The van der Waals surface area contributed by atoms with Crippen LogP contribution < -0.4 is 0 Å². The second kappa shape index (κ2) is 6.01. The van der Waals surface area contributed by atoms with Gasteiger partial charge in [-0.1, -0.05) is 48.5 Å². The Morgan fingerprint density at radius 3 is 2.43 bits per heavy atom. The highest BCUT2D eigenvalue weighted by Crippen LogP contribution is 2.11. The van der Waals surface area contributed by atoms with Gasteiger partial charge in [0.15, 0.2) is 5.78 Å². The zero-order valence-electron chi connectivity index (χ0n) is 11.4. The number of allylic oxidation sites excluding steroid dienone is 1. The minimum absolute atomic E-state index is 0.00860. The first kappa shape index (κ1) is 13.1. The first-order valence-corrected chi connectivity index (χ1v) is 6.69. The molecule has 0 unspecified atom stereocenters. The second-order valence-electron chi connectivity index (χ2n) is 4.63. The van der Waals surface area contributed by atoms with Crippen molar-refractivity contribution in [3.8, 4) is 5.69 Å². The smallest absolute Gasteiger partial charge is 0.185 e.